The van der Waals surface area contributed by atoms with Crippen molar-refractivity contribution in [2.24, 2.45) is 11.0 Å². The van der Waals surface area contributed by atoms with Gasteiger partial charge in [0.1, 0.15) is 0 Å². The van der Waals surface area contributed by atoms with Gasteiger partial charge in [0.15, 0.2) is 0 Å². The van der Waals surface area contributed by atoms with Crippen LogP contribution in [0.2, 0.25) is 0 Å². The molecule has 0 saturated heterocycles. The first-order valence-corrected chi connectivity index (χ1v) is 6.67. The monoisotopic (exact) mass is 202 g/mol. The highest BCUT2D eigenvalue weighted by molar-refractivity contribution is 8.56. The molecule has 5 heteroatoms. The SMILES string of the molecule is Cc1ccc(SP(N)(N)=O)cc1. The second-order valence-corrected chi connectivity index (χ2v) is 6.75. The lowest BCUT2D eigenvalue weighted by molar-refractivity contribution is 0.587. The Hall–Kier alpha value is -0.280. The quantitative estimate of drug-likeness (QED) is 0.720. The fourth-order valence-electron chi connectivity index (χ4n) is 0.764. The summed E-state index contributed by atoms with van der Waals surface area (Å²) < 4.78 is 11.0. The second kappa shape index (κ2) is 3.62. The second-order valence-electron chi connectivity index (χ2n) is 2.55. The van der Waals surface area contributed by atoms with Crippen LogP contribution in [0.3, 0.4) is 0 Å². The van der Waals surface area contributed by atoms with Crippen LogP contribution in [0.15, 0.2) is 29.2 Å². The van der Waals surface area contributed by atoms with Gasteiger partial charge in [0, 0.05) is 4.90 Å². The van der Waals surface area contributed by atoms with E-state index in [4.69, 9.17) is 11.0 Å². The van der Waals surface area contributed by atoms with Crippen LogP contribution < -0.4 is 11.0 Å². The fourth-order valence-corrected chi connectivity index (χ4v) is 2.70. The number of hydrogen-bond donors (Lipinski definition) is 2. The van der Waals surface area contributed by atoms with Crippen LogP contribution in [0.1, 0.15) is 5.56 Å². The van der Waals surface area contributed by atoms with Gasteiger partial charge in [-0.05, 0) is 30.4 Å². The van der Waals surface area contributed by atoms with E-state index in [0.29, 0.717) is 0 Å². The van der Waals surface area contributed by atoms with Gasteiger partial charge in [0.2, 0.25) is 0 Å². The maximum absolute atomic E-state index is 11.0. The highest BCUT2D eigenvalue weighted by atomic mass is 32.7. The first-order chi connectivity index (χ1) is 5.47. The molecule has 0 aliphatic rings. The van der Waals surface area contributed by atoms with Crippen molar-refractivity contribution in [2.75, 3.05) is 0 Å². The molecule has 0 unspecified atom stereocenters. The van der Waals surface area contributed by atoms with Crippen molar-refractivity contribution in [2.45, 2.75) is 11.8 Å². The van der Waals surface area contributed by atoms with Crippen molar-refractivity contribution < 1.29 is 4.57 Å². The molecular weight excluding hydrogens is 191 g/mol. The molecule has 0 saturated carbocycles. The lowest BCUT2D eigenvalue weighted by Gasteiger charge is -2.04. The summed E-state index contributed by atoms with van der Waals surface area (Å²) in [5, 5.41) is 0. The third-order valence-corrected chi connectivity index (χ3v) is 3.53. The Labute approximate surface area is 75.7 Å². The third kappa shape index (κ3) is 3.41. The van der Waals surface area contributed by atoms with E-state index in [-0.39, 0.29) is 0 Å². The zero-order chi connectivity index (χ0) is 9.19. The predicted molar refractivity (Wildman–Crippen MR) is 53.0 cm³/mol. The smallest absolute Gasteiger partial charge is 0.265 e. The highest BCUT2D eigenvalue weighted by Gasteiger charge is 2.09. The molecule has 0 radical (unpaired) electrons. The lowest BCUT2D eigenvalue weighted by atomic mass is 10.2. The fraction of sp³-hybridized carbons (Fsp3) is 0.143. The molecule has 66 valence electrons. The summed E-state index contributed by atoms with van der Waals surface area (Å²) in [4.78, 5) is 0.842. The Kier molecular flexibility index (Phi) is 2.96. The molecule has 0 aliphatic carbocycles. The Bertz CT molecular complexity index is 306. The van der Waals surface area contributed by atoms with Crippen LogP contribution in [0.4, 0.5) is 0 Å². The molecule has 0 amide bonds. The topological polar surface area (TPSA) is 69.1 Å². The Balaban J connectivity index is 2.78. The van der Waals surface area contributed by atoms with Crippen LogP contribution in [0.25, 0.3) is 0 Å². The summed E-state index contributed by atoms with van der Waals surface area (Å²) in [5.41, 5.74) is 11.6. The minimum Gasteiger partial charge on any atom is -0.277 e. The van der Waals surface area contributed by atoms with Crippen LogP contribution in [0, 0.1) is 6.92 Å². The number of aryl methyl sites for hydroxylation is 1. The zero-order valence-electron chi connectivity index (χ0n) is 6.73. The van der Waals surface area contributed by atoms with Gasteiger partial charge in [-0.3, -0.25) is 15.6 Å². The summed E-state index contributed by atoms with van der Waals surface area (Å²) in [6.45, 7) is -1.00. The molecule has 0 fully saturated rings. The van der Waals surface area contributed by atoms with Gasteiger partial charge in [-0.2, -0.15) is 0 Å². The molecular formula is C7H11N2OPS. The van der Waals surface area contributed by atoms with Gasteiger partial charge in [0.05, 0.1) is 0 Å². The molecule has 0 bridgehead atoms. The summed E-state index contributed by atoms with van der Waals surface area (Å²) in [6, 6.07) is 7.56. The Morgan fingerprint density at radius 3 is 2.17 bits per heavy atom. The first-order valence-electron chi connectivity index (χ1n) is 3.41. The summed E-state index contributed by atoms with van der Waals surface area (Å²) in [7, 11) is 0. The van der Waals surface area contributed by atoms with Crippen molar-refractivity contribution in [3.8, 4) is 0 Å². The number of hydrogen-bond acceptors (Lipinski definition) is 2. The van der Waals surface area contributed by atoms with Crippen LogP contribution in [-0.2, 0) is 4.57 Å². The standard InChI is InChI=1S/C7H11N2OPS/c1-6-2-4-7(5-3-6)12-11(8,9)10/h2-5H,1H3,(H4,8,9,10). The van der Waals surface area contributed by atoms with Crippen molar-refractivity contribution in [1.82, 2.24) is 0 Å². The van der Waals surface area contributed by atoms with E-state index in [0.717, 1.165) is 21.8 Å². The van der Waals surface area contributed by atoms with Crippen LogP contribution in [-0.4, -0.2) is 0 Å². The third-order valence-electron chi connectivity index (χ3n) is 1.27. The maximum atomic E-state index is 11.0. The predicted octanol–water partition coefficient (Wildman–Crippen LogP) is 2.11. The average molecular weight is 202 g/mol. The van der Waals surface area contributed by atoms with Gasteiger partial charge in [-0.25, -0.2) is 0 Å². The van der Waals surface area contributed by atoms with Crippen LogP contribution in [0.5, 0.6) is 0 Å². The van der Waals surface area contributed by atoms with E-state index in [1.807, 2.05) is 31.2 Å². The van der Waals surface area contributed by atoms with E-state index in [9.17, 15) is 4.57 Å². The van der Waals surface area contributed by atoms with E-state index < -0.39 is 6.65 Å². The summed E-state index contributed by atoms with van der Waals surface area (Å²) >= 11 is 1.02. The molecule has 1 aromatic carbocycles. The largest absolute Gasteiger partial charge is 0.277 e. The van der Waals surface area contributed by atoms with Crippen molar-refractivity contribution in [1.29, 1.82) is 0 Å². The zero-order valence-corrected chi connectivity index (χ0v) is 8.44. The molecule has 0 atom stereocenters. The number of nitrogens with two attached hydrogens (primary N) is 2. The molecule has 1 aromatic rings. The minimum atomic E-state index is -2.99. The number of benzene rings is 1. The first kappa shape index (κ1) is 9.81. The molecule has 0 spiro atoms. The molecule has 12 heavy (non-hydrogen) atoms. The van der Waals surface area contributed by atoms with Gasteiger partial charge in [-0.1, -0.05) is 17.7 Å². The van der Waals surface area contributed by atoms with Crippen molar-refractivity contribution >= 4 is 18.0 Å². The normalized spacial score (nSPS) is 11.6. The lowest BCUT2D eigenvalue weighted by Crippen LogP contribution is -1.99. The van der Waals surface area contributed by atoms with Gasteiger partial charge >= 0.3 is 0 Å². The van der Waals surface area contributed by atoms with Crippen molar-refractivity contribution in [3.63, 3.8) is 0 Å². The minimum absolute atomic E-state index is 0.842. The highest BCUT2D eigenvalue weighted by Crippen LogP contribution is 2.47. The Morgan fingerprint density at radius 1 is 1.25 bits per heavy atom. The average Bonchev–Trinajstić information content (AvgIpc) is 1.91. The molecule has 0 aromatic heterocycles. The molecule has 3 nitrogen and oxygen atoms in total. The van der Waals surface area contributed by atoms with Gasteiger partial charge in [-0.15, -0.1) is 0 Å². The van der Waals surface area contributed by atoms with Gasteiger partial charge in [0.25, 0.3) is 6.65 Å². The van der Waals surface area contributed by atoms with Crippen LogP contribution >= 0.6 is 18.0 Å². The Morgan fingerprint density at radius 2 is 1.75 bits per heavy atom. The van der Waals surface area contributed by atoms with E-state index >= 15 is 0 Å². The maximum Gasteiger partial charge on any atom is 0.265 e. The number of rotatable bonds is 2. The van der Waals surface area contributed by atoms with Crippen molar-refractivity contribution in [3.05, 3.63) is 29.8 Å². The van der Waals surface area contributed by atoms with Gasteiger partial charge < -0.3 is 0 Å². The summed E-state index contributed by atoms with van der Waals surface area (Å²) in [6.07, 6.45) is 0. The molecule has 1 rings (SSSR count). The van der Waals surface area contributed by atoms with E-state index in [1.54, 1.807) is 0 Å². The summed E-state index contributed by atoms with van der Waals surface area (Å²) in [5.74, 6) is 0. The van der Waals surface area contributed by atoms with E-state index in [2.05, 4.69) is 0 Å². The van der Waals surface area contributed by atoms with E-state index in [1.165, 1.54) is 0 Å². The molecule has 0 aliphatic heterocycles. The molecule has 4 N–H and O–H groups in total. The molecule has 0 heterocycles.